The van der Waals surface area contributed by atoms with Gasteiger partial charge in [0.1, 0.15) is 11.5 Å². The number of hydrogen-bond donors (Lipinski definition) is 0. The van der Waals surface area contributed by atoms with Crippen LogP contribution in [0.2, 0.25) is 5.02 Å². The lowest BCUT2D eigenvalue weighted by Crippen LogP contribution is -2.04. The fourth-order valence-electron chi connectivity index (χ4n) is 1.94. The number of carbonyl (C=O) groups excluding carboxylic acids is 1. The summed E-state index contributed by atoms with van der Waals surface area (Å²) in [6.07, 6.45) is 0. The molecule has 0 unspecified atom stereocenters. The highest BCUT2D eigenvalue weighted by Gasteiger charge is 2.16. The van der Waals surface area contributed by atoms with Crippen LogP contribution >= 0.6 is 11.6 Å². The third kappa shape index (κ3) is 2.78. The summed E-state index contributed by atoms with van der Waals surface area (Å²) in [5, 5.41) is 0.472. The van der Waals surface area contributed by atoms with Crippen molar-refractivity contribution in [2.75, 3.05) is 14.2 Å². The Labute approximate surface area is 123 Å². The van der Waals surface area contributed by atoms with Crippen LogP contribution in [0.5, 0.6) is 11.5 Å². The van der Waals surface area contributed by atoms with Crippen LogP contribution < -0.4 is 9.47 Å². The molecule has 0 aliphatic carbocycles. The summed E-state index contributed by atoms with van der Waals surface area (Å²) < 4.78 is 10.4. The van der Waals surface area contributed by atoms with Crippen LogP contribution in [0.15, 0.2) is 36.4 Å². The molecule has 0 bridgehead atoms. The highest BCUT2D eigenvalue weighted by molar-refractivity contribution is 6.32. The molecule has 0 saturated carbocycles. The molecule has 0 spiro atoms. The van der Waals surface area contributed by atoms with Gasteiger partial charge in [-0.05, 0) is 42.8 Å². The molecule has 0 heterocycles. The van der Waals surface area contributed by atoms with Gasteiger partial charge in [0.05, 0.1) is 24.8 Å². The molecule has 0 saturated heterocycles. The topological polar surface area (TPSA) is 35.5 Å². The molecule has 0 aliphatic rings. The first-order valence-electron chi connectivity index (χ1n) is 6.09. The lowest BCUT2D eigenvalue weighted by Gasteiger charge is -2.10. The van der Waals surface area contributed by atoms with Crippen molar-refractivity contribution in [2.24, 2.45) is 0 Å². The predicted molar refractivity (Wildman–Crippen MR) is 79.2 cm³/mol. The minimum absolute atomic E-state index is 0.128. The first kappa shape index (κ1) is 14.4. The van der Waals surface area contributed by atoms with Crippen LogP contribution in [0, 0.1) is 6.92 Å². The van der Waals surface area contributed by atoms with E-state index in [4.69, 9.17) is 21.1 Å². The van der Waals surface area contributed by atoms with Gasteiger partial charge in [0, 0.05) is 5.56 Å². The second-order valence-corrected chi connectivity index (χ2v) is 4.79. The zero-order chi connectivity index (χ0) is 14.7. The van der Waals surface area contributed by atoms with Gasteiger partial charge in [-0.15, -0.1) is 0 Å². The van der Waals surface area contributed by atoms with Crippen molar-refractivity contribution in [1.29, 1.82) is 0 Å². The maximum atomic E-state index is 12.5. The van der Waals surface area contributed by atoms with Crippen LogP contribution in [0.25, 0.3) is 0 Å². The van der Waals surface area contributed by atoms with Crippen LogP contribution in [0.3, 0.4) is 0 Å². The lowest BCUT2D eigenvalue weighted by molar-refractivity contribution is 0.103. The van der Waals surface area contributed by atoms with E-state index in [1.807, 2.05) is 19.1 Å². The standard InChI is InChI=1S/C16H15ClO3/c1-10-4-6-12(14(8-10)19-2)16(18)11-5-7-13(17)15(9-11)20-3/h4-9H,1-3H3. The molecule has 0 fully saturated rings. The number of ketones is 1. The summed E-state index contributed by atoms with van der Waals surface area (Å²) in [6.45, 7) is 1.95. The average Bonchev–Trinajstić information content (AvgIpc) is 2.46. The van der Waals surface area contributed by atoms with E-state index in [9.17, 15) is 4.79 Å². The fraction of sp³-hybridized carbons (Fsp3) is 0.188. The Kier molecular flexibility index (Phi) is 4.30. The van der Waals surface area contributed by atoms with Gasteiger partial charge in [-0.25, -0.2) is 0 Å². The second-order valence-electron chi connectivity index (χ2n) is 4.38. The Morgan fingerprint density at radius 1 is 1.00 bits per heavy atom. The summed E-state index contributed by atoms with van der Waals surface area (Å²) in [5.74, 6) is 0.907. The second kappa shape index (κ2) is 5.97. The van der Waals surface area contributed by atoms with E-state index in [-0.39, 0.29) is 5.78 Å². The van der Waals surface area contributed by atoms with E-state index in [0.717, 1.165) is 5.56 Å². The van der Waals surface area contributed by atoms with Crippen LogP contribution in [0.1, 0.15) is 21.5 Å². The number of halogens is 1. The van der Waals surface area contributed by atoms with Gasteiger partial charge in [-0.2, -0.15) is 0 Å². The Bertz CT molecular complexity index is 650. The molecule has 0 N–H and O–H groups in total. The van der Waals surface area contributed by atoms with Crippen LogP contribution in [-0.2, 0) is 0 Å². The molecule has 0 atom stereocenters. The SMILES string of the molecule is COc1cc(C(=O)c2ccc(C)cc2OC)ccc1Cl. The van der Waals surface area contributed by atoms with E-state index >= 15 is 0 Å². The van der Waals surface area contributed by atoms with Crippen molar-refractivity contribution in [3.05, 3.63) is 58.1 Å². The summed E-state index contributed by atoms with van der Waals surface area (Å²) in [4.78, 5) is 12.5. The molecule has 2 rings (SSSR count). The molecule has 104 valence electrons. The summed E-state index contributed by atoms with van der Waals surface area (Å²) >= 11 is 5.97. The third-order valence-electron chi connectivity index (χ3n) is 3.01. The monoisotopic (exact) mass is 290 g/mol. The van der Waals surface area contributed by atoms with Crippen molar-refractivity contribution in [1.82, 2.24) is 0 Å². The Morgan fingerprint density at radius 3 is 2.35 bits per heavy atom. The fourth-order valence-corrected chi connectivity index (χ4v) is 2.14. The minimum Gasteiger partial charge on any atom is -0.496 e. The number of methoxy groups -OCH3 is 2. The number of benzene rings is 2. The first-order valence-corrected chi connectivity index (χ1v) is 6.47. The summed E-state index contributed by atoms with van der Waals surface area (Å²) in [5.41, 5.74) is 2.06. The van der Waals surface area contributed by atoms with E-state index < -0.39 is 0 Å². The summed E-state index contributed by atoms with van der Waals surface area (Å²) in [6, 6.07) is 10.4. The van der Waals surface area contributed by atoms with Gasteiger partial charge in [0.2, 0.25) is 0 Å². The molecular weight excluding hydrogens is 276 g/mol. The van der Waals surface area contributed by atoms with E-state index in [1.54, 1.807) is 31.4 Å². The highest BCUT2D eigenvalue weighted by atomic mass is 35.5. The molecule has 3 nitrogen and oxygen atoms in total. The Balaban J connectivity index is 2.46. The van der Waals surface area contributed by atoms with Crippen molar-refractivity contribution in [3.8, 4) is 11.5 Å². The van der Waals surface area contributed by atoms with Crippen molar-refractivity contribution >= 4 is 17.4 Å². The largest absolute Gasteiger partial charge is 0.496 e. The van der Waals surface area contributed by atoms with Gasteiger partial charge in [-0.1, -0.05) is 17.7 Å². The van der Waals surface area contributed by atoms with Crippen molar-refractivity contribution in [2.45, 2.75) is 6.92 Å². The smallest absolute Gasteiger partial charge is 0.196 e. The Morgan fingerprint density at radius 2 is 1.70 bits per heavy atom. The zero-order valence-electron chi connectivity index (χ0n) is 11.6. The normalized spacial score (nSPS) is 10.2. The molecule has 0 radical (unpaired) electrons. The predicted octanol–water partition coefficient (Wildman–Crippen LogP) is 3.90. The molecule has 2 aromatic carbocycles. The number of ether oxygens (including phenoxy) is 2. The number of aryl methyl sites for hydroxylation is 1. The van der Waals surface area contributed by atoms with Gasteiger partial charge in [0.15, 0.2) is 5.78 Å². The molecule has 0 aromatic heterocycles. The van der Waals surface area contributed by atoms with Crippen molar-refractivity contribution in [3.63, 3.8) is 0 Å². The molecular formula is C16H15ClO3. The van der Waals surface area contributed by atoms with Crippen molar-refractivity contribution < 1.29 is 14.3 Å². The lowest BCUT2D eigenvalue weighted by atomic mass is 10.0. The number of hydrogen-bond acceptors (Lipinski definition) is 3. The molecule has 2 aromatic rings. The molecule has 4 heteroatoms. The zero-order valence-corrected chi connectivity index (χ0v) is 12.3. The van der Waals surface area contributed by atoms with E-state index in [2.05, 4.69) is 0 Å². The van der Waals surface area contributed by atoms with Crippen LogP contribution in [-0.4, -0.2) is 20.0 Å². The summed E-state index contributed by atoms with van der Waals surface area (Å²) in [7, 11) is 3.07. The van der Waals surface area contributed by atoms with Gasteiger partial charge < -0.3 is 9.47 Å². The van der Waals surface area contributed by atoms with Gasteiger partial charge in [0.25, 0.3) is 0 Å². The number of carbonyl (C=O) groups is 1. The molecule has 0 amide bonds. The van der Waals surface area contributed by atoms with Gasteiger partial charge >= 0.3 is 0 Å². The molecule has 20 heavy (non-hydrogen) atoms. The average molecular weight is 291 g/mol. The highest BCUT2D eigenvalue weighted by Crippen LogP contribution is 2.28. The molecule has 0 aliphatic heterocycles. The third-order valence-corrected chi connectivity index (χ3v) is 3.33. The quantitative estimate of drug-likeness (QED) is 0.801. The minimum atomic E-state index is -0.128. The maximum absolute atomic E-state index is 12.5. The van der Waals surface area contributed by atoms with E-state index in [0.29, 0.717) is 27.6 Å². The maximum Gasteiger partial charge on any atom is 0.196 e. The van der Waals surface area contributed by atoms with Gasteiger partial charge in [-0.3, -0.25) is 4.79 Å². The van der Waals surface area contributed by atoms with Crippen LogP contribution in [0.4, 0.5) is 0 Å². The van der Waals surface area contributed by atoms with E-state index in [1.165, 1.54) is 7.11 Å². The first-order chi connectivity index (χ1) is 9.56. The Hall–Kier alpha value is -2.00. The number of rotatable bonds is 4.